The molecule has 0 N–H and O–H groups in total. The minimum absolute atomic E-state index is 0.236. The molecule has 3 rings (SSSR count). The quantitative estimate of drug-likeness (QED) is 0.732. The van der Waals surface area contributed by atoms with E-state index in [-0.39, 0.29) is 4.90 Å². The Balaban J connectivity index is 2.30. The molecular weight excluding hydrogens is 320 g/mol. The first-order chi connectivity index (χ1) is 10.4. The SMILES string of the molecule is CCc1cn(S(=O)(=O)c2ccc(C)cc2)c2nccc(Cl)c12. The lowest BCUT2D eigenvalue weighted by atomic mass is 10.2. The van der Waals surface area contributed by atoms with Crippen molar-refractivity contribution in [2.45, 2.75) is 25.2 Å². The van der Waals surface area contributed by atoms with Crippen molar-refractivity contribution in [3.05, 3.63) is 58.9 Å². The van der Waals surface area contributed by atoms with Crippen LogP contribution in [0.5, 0.6) is 0 Å². The molecule has 6 heteroatoms. The molecule has 22 heavy (non-hydrogen) atoms. The third-order valence-corrected chi connectivity index (χ3v) is 5.62. The molecule has 0 aliphatic heterocycles. The molecule has 0 bridgehead atoms. The van der Waals surface area contributed by atoms with Gasteiger partial charge in [-0.05, 0) is 37.1 Å². The van der Waals surface area contributed by atoms with Gasteiger partial charge in [-0.2, -0.15) is 0 Å². The van der Waals surface area contributed by atoms with Crippen LogP contribution >= 0.6 is 11.6 Å². The third kappa shape index (κ3) is 2.30. The van der Waals surface area contributed by atoms with Gasteiger partial charge in [-0.25, -0.2) is 17.4 Å². The standard InChI is InChI=1S/C16H15ClN2O2S/c1-3-12-10-19(16-15(12)14(17)8-9-18-16)22(20,21)13-6-4-11(2)5-7-13/h4-10H,3H2,1-2H3. The summed E-state index contributed by atoms with van der Waals surface area (Å²) in [5.41, 5.74) is 2.24. The lowest BCUT2D eigenvalue weighted by Gasteiger charge is -2.07. The lowest BCUT2D eigenvalue weighted by molar-refractivity contribution is 0.588. The van der Waals surface area contributed by atoms with Crippen LogP contribution in [0.3, 0.4) is 0 Å². The minimum Gasteiger partial charge on any atom is -0.237 e. The van der Waals surface area contributed by atoms with Crippen molar-refractivity contribution >= 4 is 32.7 Å². The van der Waals surface area contributed by atoms with Crippen LogP contribution < -0.4 is 0 Å². The van der Waals surface area contributed by atoms with Crippen LogP contribution in [0.25, 0.3) is 11.0 Å². The maximum Gasteiger partial charge on any atom is 0.269 e. The van der Waals surface area contributed by atoms with Crippen molar-refractivity contribution < 1.29 is 8.42 Å². The van der Waals surface area contributed by atoms with Crippen LogP contribution in [-0.4, -0.2) is 17.4 Å². The van der Waals surface area contributed by atoms with Gasteiger partial charge in [0.1, 0.15) is 0 Å². The van der Waals surface area contributed by atoms with Gasteiger partial charge in [0.15, 0.2) is 5.65 Å². The molecule has 0 fully saturated rings. The fourth-order valence-electron chi connectivity index (χ4n) is 2.43. The van der Waals surface area contributed by atoms with Crippen LogP contribution in [0.4, 0.5) is 0 Å². The van der Waals surface area contributed by atoms with E-state index in [1.54, 1.807) is 36.5 Å². The van der Waals surface area contributed by atoms with E-state index in [2.05, 4.69) is 4.98 Å². The maximum absolute atomic E-state index is 12.9. The lowest BCUT2D eigenvalue weighted by Crippen LogP contribution is -2.12. The smallest absolute Gasteiger partial charge is 0.237 e. The number of aryl methyl sites for hydroxylation is 2. The summed E-state index contributed by atoms with van der Waals surface area (Å²) in [5, 5.41) is 1.21. The highest BCUT2D eigenvalue weighted by Crippen LogP contribution is 2.30. The van der Waals surface area contributed by atoms with Gasteiger partial charge in [-0.1, -0.05) is 36.2 Å². The Bertz CT molecular complexity index is 944. The normalized spacial score (nSPS) is 12.0. The first-order valence-electron chi connectivity index (χ1n) is 6.92. The highest BCUT2D eigenvalue weighted by molar-refractivity contribution is 7.90. The van der Waals surface area contributed by atoms with Gasteiger partial charge >= 0.3 is 0 Å². The predicted octanol–water partition coefficient (Wildman–Crippen LogP) is 3.80. The van der Waals surface area contributed by atoms with E-state index in [4.69, 9.17) is 11.6 Å². The Hall–Kier alpha value is -1.85. The van der Waals surface area contributed by atoms with Crippen LogP contribution in [0.1, 0.15) is 18.1 Å². The van der Waals surface area contributed by atoms with Gasteiger partial charge in [-0.15, -0.1) is 0 Å². The van der Waals surface area contributed by atoms with Crippen molar-refractivity contribution in [3.8, 4) is 0 Å². The predicted molar refractivity (Wildman–Crippen MR) is 87.9 cm³/mol. The van der Waals surface area contributed by atoms with E-state index in [1.807, 2.05) is 13.8 Å². The molecule has 2 heterocycles. The second-order valence-electron chi connectivity index (χ2n) is 5.11. The van der Waals surface area contributed by atoms with E-state index in [0.717, 1.165) is 11.1 Å². The Morgan fingerprint density at radius 2 is 1.86 bits per heavy atom. The highest BCUT2D eigenvalue weighted by atomic mass is 35.5. The Labute approximate surface area is 134 Å². The van der Waals surface area contributed by atoms with E-state index < -0.39 is 10.0 Å². The summed E-state index contributed by atoms with van der Waals surface area (Å²) in [4.78, 5) is 4.45. The van der Waals surface area contributed by atoms with Gasteiger partial charge in [-0.3, -0.25) is 0 Å². The number of fused-ring (bicyclic) bond motifs is 1. The number of pyridine rings is 1. The summed E-state index contributed by atoms with van der Waals surface area (Å²) < 4.78 is 27.0. The summed E-state index contributed by atoms with van der Waals surface area (Å²) in [6.07, 6.45) is 3.81. The zero-order valence-corrected chi connectivity index (χ0v) is 13.8. The average molecular weight is 335 g/mol. The molecule has 0 saturated carbocycles. The van der Waals surface area contributed by atoms with Gasteiger partial charge in [0.2, 0.25) is 0 Å². The fraction of sp³-hybridized carbons (Fsp3) is 0.188. The molecule has 3 aromatic rings. The largest absolute Gasteiger partial charge is 0.269 e. The van der Waals surface area contributed by atoms with Crippen molar-refractivity contribution in [1.82, 2.24) is 8.96 Å². The second-order valence-corrected chi connectivity index (χ2v) is 7.34. The van der Waals surface area contributed by atoms with Crippen LogP contribution in [0, 0.1) is 6.92 Å². The number of nitrogens with zero attached hydrogens (tertiary/aromatic N) is 2. The van der Waals surface area contributed by atoms with Gasteiger partial charge < -0.3 is 0 Å². The Kier molecular flexibility index (Phi) is 3.70. The topological polar surface area (TPSA) is 52.0 Å². The summed E-state index contributed by atoms with van der Waals surface area (Å²) in [6, 6.07) is 8.44. The van der Waals surface area contributed by atoms with Gasteiger partial charge in [0.05, 0.1) is 9.92 Å². The maximum atomic E-state index is 12.9. The fourth-order valence-corrected chi connectivity index (χ4v) is 4.04. The first kappa shape index (κ1) is 15.1. The zero-order valence-electron chi connectivity index (χ0n) is 12.2. The molecule has 0 spiro atoms. The molecule has 0 aliphatic rings. The van der Waals surface area contributed by atoms with Crippen molar-refractivity contribution in [2.75, 3.05) is 0 Å². The molecule has 0 amide bonds. The molecular formula is C16H15ClN2O2S. The molecule has 114 valence electrons. The Morgan fingerprint density at radius 1 is 1.18 bits per heavy atom. The summed E-state index contributed by atoms with van der Waals surface area (Å²) in [7, 11) is -3.69. The van der Waals surface area contributed by atoms with E-state index >= 15 is 0 Å². The van der Waals surface area contributed by atoms with Crippen molar-refractivity contribution in [3.63, 3.8) is 0 Å². The second kappa shape index (κ2) is 5.41. The average Bonchev–Trinajstić information content (AvgIpc) is 2.88. The van der Waals surface area contributed by atoms with Gasteiger partial charge in [0.25, 0.3) is 10.0 Å². The molecule has 0 radical (unpaired) electrons. The zero-order chi connectivity index (χ0) is 15.9. The minimum atomic E-state index is -3.69. The summed E-state index contributed by atoms with van der Waals surface area (Å²) >= 11 is 6.22. The van der Waals surface area contributed by atoms with E-state index in [1.165, 1.54) is 10.2 Å². The summed E-state index contributed by atoms with van der Waals surface area (Å²) in [6.45, 7) is 3.87. The molecule has 0 aliphatic carbocycles. The number of aromatic nitrogens is 2. The van der Waals surface area contributed by atoms with E-state index in [0.29, 0.717) is 22.5 Å². The molecule has 4 nitrogen and oxygen atoms in total. The van der Waals surface area contributed by atoms with Crippen LogP contribution in [0.2, 0.25) is 5.02 Å². The Morgan fingerprint density at radius 3 is 2.50 bits per heavy atom. The number of hydrogen-bond donors (Lipinski definition) is 0. The molecule has 2 aromatic heterocycles. The van der Waals surface area contributed by atoms with Crippen molar-refractivity contribution in [1.29, 1.82) is 0 Å². The monoisotopic (exact) mass is 334 g/mol. The number of hydrogen-bond acceptors (Lipinski definition) is 3. The molecule has 0 saturated heterocycles. The highest BCUT2D eigenvalue weighted by Gasteiger charge is 2.22. The van der Waals surface area contributed by atoms with Gasteiger partial charge in [0, 0.05) is 17.8 Å². The number of halogens is 1. The molecule has 0 unspecified atom stereocenters. The third-order valence-electron chi connectivity index (χ3n) is 3.64. The van der Waals surface area contributed by atoms with E-state index in [9.17, 15) is 8.42 Å². The van der Waals surface area contributed by atoms with Crippen LogP contribution in [-0.2, 0) is 16.4 Å². The summed E-state index contributed by atoms with van der Waals surface area (Å²) in [5.74, 6) is 0. The van der Waals surface area contributed by atoms with Crippen molar-refractivity contribution in [2.24, 2.45) is 0 Å². The van der Waals surface area contributed by atoms with Crippen LogP contribution in [0.15, 0.2) is 47.6 Å². The molecule has 1 aromatic carbocycles. The number of rotatable bonds is 3. The molecule has 0 atom stereocenters. The number of benzene rings is 1. The first-order valence-corrected chi connectivity index (χ1v) is 8.73.